The van der Waals surface area contributed by atoms with Gasteiger partial charge in [-0.3, -0.25) is 24.6 Å². The number of halogens is 1. The van der Waals surface area contributed by atoms with E-state index in [-0.39, 0.29) is 24.4 Å². The molecule has 0 aromatic heterocycles. The molecule has 3 rings (SSSR count). The second-order valence-corrected chi connectivity index (χ2v) is 6.38. The molecule has 2 heterocycles. The van der Waals surface area contributed by atoms with E-state index in [4.69, 9.17) is 4.74 Å². The molecule has 4 atom stereocenters. The predicted octanol–water partition coefficient (Wildman–Crippen LogP) is 1.41. The van der Waals surface area contributed by atoms with Crippen LogP contribution in [-0.2, 0) is 19.1 Å². The molecule has 2 saturated heterocycles. The number of rotatable bonds is 4. The van der Waals surface area contributed by atoms with Gasteiger partial charge in [-0.15, -0.1) is 0 Å². The number of amides is 2. The Morgan fingerprint density at radius 3 is 2.52 bits per heavy atom. The zero-order chi connectivity index (χ0) is 18.4. The number of nitrogens with zero attached hydrogens (tertiary/aromatic N) is 1. The van der Waals surface area contributed by atoms with Crippen molar-refractivity contribution in [3.63, 3.8) is 0 Å². The number of esters is 1. The van der Waals surface area contributed by atoms with Crippen LogP contribution in [0.1, 0.15) is 31.9 Å². The number of ether oxygens (including phenoxy) is 1. The molecule has 2 aliphatic rings. The van der Waals surface area contributed by atoms with Crippen molar-refractivity contribution in [2.45, 2.75) is 31.8 Å². The van der Waals surface area contributed by atoms with Crippen molar-refractivity contribution in [3.05, 3.63) is 35.6 Å². The van der Waals surface area contributed by atoms with Gasteiger partial charge < -0.3 is 4.74 Å². The lowest BCUT2D eigenvalue weighted by molar-refractivity contribution is -0.154. The normalized spacial score (nSPS) is 31.4. The highest BCUT2D eigenvalue weighted by Crippen LogP contribution is 2.50. The van der Waals surface area contributed by atoms with Crippen molar-refractivity contribution in [3.8, 4) is 0 Å². The first kappa shape index (κ1) is 17.5. The van der Waals surface area contributed by atoms with Gasteiger partial charge in [0.1, 0.15) is 11.4 Å². The Hall–Kier alpha value is -2.28. The molecule has 1 aromatic carbocycles. The highest BCUT2D eigenvalue weighted by molar-refractivity contribution is 6.09. The molecular weight excluding hydrogens is 327 g/mol. The Labute approximate surface area is 145 Å². The summed E-state index contributed by atoms with van der Waals surface area (Å²) < 4.78 is 19.3. The molecule has 2 amide bonds. The number of carbonyl (C=O) groups is 3. The number of benzene rings is 1. The zero-order valence-electron chi connectivity index (χ0n) is 14.4. The minimum atomic E-state index is -1.34. The third-order valence-corrected chi connectivity index (χ3v) is 5.41. The fourth-order valence-electron chi connectivity index (χ4n) is 4.21. The molecule has 0 saturated carbocycles. The highest BCUT2D eigenvalue weighted by Gasteiger charge is 2.68. The van der Waals surface area contributed by atoms with Crippen molar-refractivity contribution in [1.29, 1.82) is 0 Å². The van der Waals surface area contributed by atoms with Crippen molar-refractivity contribution < 1.29 is 23.5 Å². The molecule has 0 aliphatic carbocycles. The van der Waals surface area contributed by atoms with Crippen LogP contribution in [0, 0.1) is 17.7 Å². The van der Waals surface area contributed by atoms with E-state index in [0.29, 0.717) is 0 Å². The number of hydrogen-bond acceptors (Lipinski definition) is 5. The maximum atomic E-state index is 14.4. The first-order chi connectivity index (χ1) is 11.9. The molecule has 25 heavy (non-hydrogen) atoms. The van der Waals surface area contributed by atoms with Gasteiger partial charge in [0, 0.05) is 18.2 Å². The lowest BCUT2D eigenvalue weighted by Crippen LogP contribution is -2.55. The summed E-state index contributed by atoms with van der Waals surface area (Å²) in [6.07, 6.45) is 0.252. The fraction of sp³-hybridized carbons (Fsp3) is 0.500. The Morgan fingerprint density at radius 2 is 1.96 bits per heavy atom. The van der Waals surface area contributed by atoms with Gasteiger partial charge in [-0.1, -0.05) is 25.1 Å². The van der Waals surface area contributed by atoms with Gasteiger partial charge in [0.2, 0.25) is 11.8 Å². The summed E-state index contributed by atoms with van der Waals surface area (Å²) in [5.74, 6) is -3.60. The van der Waals surface area contributed by atoms with Gasteiger partial charge in [0.15, 0.2) is 0 Å². The van der Waals surface area contributed by atoms with Crippen LogP contribution >= 0.6 is 0 Å². The van der Waals surface area contributed by atoms with E-state index in [1.54, 1.807) is 32.0 Å². The number of imide groups is 1. The molecule has 0 bridgehead atoms. The Kier molecular flexibility index (Phi) is 4.36. The van der Waals surface area contributed by atoms with Crippen molar-refractivity contribution in [2.24, 2.45) is 11.8 Å². The first-order valence-electron chi connectivity index (χ1n) is 8.38. The predicted molar refractivity (Wildman–Crippen MR) is 86.7 cm³/mol. The largest absolute Gasteiger partial charge is 0.468 e. The quantitative estimate of drug-likeness (QED) is 0.658. The summed E-state index contributed by atoms with van der Waals surface area (Å²) in [6, 6.07) is 5.32. The van der Waals surface area contributed by atoms with Crippen molar-refractivity contribution in [1.82, 2.24) is 10.2 Å². The summed E-state index contributed by atoms with van der Waals surface area (Å²) in [4.78, 5) is 39.4. The van der Waals surface area contributed by atoms with Gasteiger partial charge in [-0.25, -0.2) is 4.39 Å². The summed E-state index contributed by atoms with van der Waals surface area (Å²) >= 11 is 0. The highest BCUT2D eigenvalue weighted by atomic mass is 19.1. The monoisotopic (exact) mass is 348 g/mol. The average Bonchev–Trinajstić information content (AvgIpc) is 3.09. The molecular formula is C18H21FN2O4. The van der Waals surface area contributed by atoms with Crippen molar-refractivity contribution in [2.75, 3.05) is 13.7 Å². The minimum Gasteiger partial charge on any atom is -0.468 e. The van der Waals surface area contributed by atoms with Gasteiger partial charge in [-0.05, 0) is 19.4 Å². The van der Waals surface area contributed by atoms with Gasteiger partial charge in [0.05, 0.1) is 18.9 Å². The van der Waals surface area contributed by atoms with E-state index in [2.05, 4.69) is 5.32 Å². The third kappa shape index (κ3) is 2.29. The summed E-state index contributed by atoms with van der Waals surface area (Å²) in [7, 11) is 1.24. The molecule has 6 nitrogen and oxygen atoms in total. The van der Waals surface area contributed by atoms with E-state index >= 15 is 0 Å². The lowest BCUT2D eigenvalue weighted by atomic mass is 9.78. The molecule has 0 radical (unpaired) electrons. The number of methoxy groups -OCH3 is 1. The molecule has 0 unspecified atom stereocenters. The smallest absolute Gasteiger partial charge is 0.326 e. The number of hydrogen-bond donors (Lipinski definition) is 1. The molecule has 7 heteroatoms. The van der Waals surface area contributed by atoms with Gasteiger partial charge >= 0.3 is 5.97 Å². The number of carbonyl (C=O) groups excluding carboxylic acids is 3. The lowest BCUT2D eigenvalue weighted by Gasteiger charge is -2.31. The summed E-state index contributed by atoms with van der Waals surface area (Å²) in [6.45, 7) is 3.67. The van der Waals surface area contributed by atoms with Crippen LogP contribution in [0.2, 0.25) is 0 Å². The van der Waals surface area contributed by atoms with E-state index in [1.807, 2.05) is 0 Å². The minimum absolute atomic E-state index is 0.218. The van der Waals surface area contributed by atoms with E-state index in [0.717, 1.165) is 4.90 Å². The van der Waals surface area contributed by atoms with Gasteiger partial charge in [0.25, 0.3) is 0 Å². The van der Waals surface area contributed by atoms with Crippen LogP contribution in [0.15, 0.2) is 24.3 Å². The molecule has 0 spiro atoms. The van der Waals surface area contributed by atoms with Crippen LogP contribution in [0.3, 0.4) is 0 Å². The van der Waals surface area contributed by atoms with Crippen LogP contribution < -0.4 is 5.32 Å². The standard InChI is InChI=1S/C18H21FN2O4/c1-4-18(17(24)25-3)13-12(15(22)21(5-2)16(13)23)14(20-18)10-8-6-7-9-11(10)19/h6-9,12-14,20H,4-5H2,1-3H3/t12-,13+,14-,18-/m0/s1. The first-order valence-corrected chi connectivity index (χ1v) is 8.38. The third-order valence-electron chi connectivity index (χ3n) is 5.41. The van der Waals surface area contributed by atoms with Crippen LogP contribution in [0.25, 0.3) is 0 Å². The topological polar surface area (TPSA) is 75.7 Å². The SMILES string of the molecule is CCN1C(=O)[C@@H]2[C@H](c3ccccc3F)N[C@](CC)(C(=O)OC)[C@H]2C1=O. The molecule has 2 aliphatic heterocycles. The van der Waals surface area contributed by atoms with Crippen LogP contribution in [0.5, 0.6) is 0 Å². The number of likely N-dealkylation sites (tertiary alicyclic amines) is 1. The van der Waals surface area contributed by atoms with E-state index in [9.17, 15) is 18.8 Å². The number of nitrogens with one attached hydrogen (secondary N) is 1. The second kappa shape index (κ2) is 6.22. The zero-order valence-corrected chi connectivity index (χ0v) is 14.4. The summed E-state index contributed by atoms with van der Waals surface area (Å²) in [5.41, 5.74) is -1.07. The maximum absolute atomic E-state index is 14.4. The van der Waals surface area contributed by atoms with Gasteiger partial charge in [-0.2, -0.15) is 0 Å². The molecule has 134 valence electrons. The molecule has 1 N–H and O–H groups in total. The maximum Gasteiger partial charge on any atom is 0.326 e. The van der Waals surface area contributed by atoms with E-state index < -0.39 is 41.1 Å². The molecule has 1 aromatic rings. The number of fused-ring (bicyclic) bond motifs is 1. The Morgan fingerprint density at radius 1 is 1.28 bits per heavy atom. The van der Waals surface area contributed by atoms with E-state index in [1.165, 1.54) is 13.2 Å². The fourth-order valence-corrected chi connectivity index (χ4v) is 4.21. The molecule has 2 fully saturated rings. The van der Waals surface area contributed by atoms with Crippen LogP contribution in [0.4, 0.5) is 4.39 Å². The Bertz CT molecular complexity index is 738. The average molecular weight is 348 g/mol. The second-order valence-electron chi connectivity index (χ2n) is 6.38. The Balaban J connectivity index is 2.17. The van der Waals surface area contributed by atoms with Crippen LogP contribution in [-0.4, -0.2) is 41.9 Å². The summed E-state index contributed by atoms with van der Waals surface area (Å²) in [5, 5.41) is 3.09. The van der Waals surface area contributed by atoms with Crippen molar-refractivity contribution >= 4 is 17.8 Å².